The summed E-state index contributed by atoms with van der Waals surface area (Å²) in [5, 5.41) is 9.24. The zero-order chi connectivity index (χ0) is 16.7. The Kier molecular flexibility index (Phi) is 4.01. The van der Waals surface area contributed by atoms with Crippen molar-refractivity contribution in [3.63, 3.8) is 0 Å². The summed E-state index contributed by atoms with van der Waals surface area (Å²) in [5.41, 5.74) is 4.76. The maximum absolute atomic E-state index is 11.1. The van der Waals surface area contributed by atoms with E-state index in [-0.39, 0.29) is 23.0 Å². The van der Waals surface area contributed by atoms with Crippen molar-refractivity contribution in [3.05, 3.63) is 28.8 Å². The van der Waals surface area contributed by atoms with Crippen LogP contribution in [0.3, 0.4) is 0 Å². The number of nitrogens with zero attached hydrogens (tertiary/aromatic N) is 1. The largest absolute Gasteiger partial charge is 0.489 e. The van der Waals surface area contributed by atoms with E-state index in [1.807, 2.05) is 33.8 Å². The molecule has 0 aliphatic heterocycles. The first-order valence-corrected chi connectivity index (χ1v) is 7.31. The van der Waals surface area contributed by atoms with E-state index in [2.05, 4.69) is 0 Å². The molecule has 0 spiro atoms. The van der Waals surface area contributed by atoms with E-state index in [4.69, 9.17) is 32.1 Å². The molecule has 22 heavy (non-hydrogen) atoms. The molecule has 0 unspecified atom stereocenters. The first-order chi connectivity index (χ1) is 10.1. The molecule has 1 aliphatic rings. The van der Waals surface area contributed by atoms with E-state index < -0.39 is 6.09 Å². The Morgan fingerprint density at radius 1 is 1.27 bits per heavy atom. The molecule has 5 nitrogen and oxygen atoms in total. The van der Waals surface area contributed by atoms with Gasteiger partial charge in [0, 0.05) is 16.9 Å². The molecule has 1 aromatic rings. The van der Waals surface area contributed by atoms with Gasteiger partial charge < -0.3 is 15.2 Å². The molecule has 0 aromatic heterocycles. The van der Waals surface area contributed by atoms with Gasteiger partial charge >= 0.3 is 6.09 Å². The van der Waals surface area contributed by atoms with Gasteiger partial charge in [-0.05, 0) is 12.1 Å². The summed E-state index contributed by atoms with van der Waals surface area (Å²) in [6.07, 6.45) is -1.31. The van der Waals surface area contributed by atoms with Gasteiger partial charge in [0.15, 0.2) is 0 Å². The van der Waals surface area contributed by atoms with Crippen molar-refractivity contribution in [2.24, 2.45) is 16.6 Å². The number of primary amides is 1. The number of carbonyl (C=O) groups is 1. The van der Waals surface area contributed by atoms with Gasteiger partial charge in [-0.25, -0.2) is 4.79 Å². The highest BCUT2D eigenvalue weighted by molar-refractivity contribution is 6.31. The molecule has 0 atom stereocenters. The fraction of sp³-hybridized carbons (Fsp3) is 0.500. The van der Waals surface area contributed by atoms with E-state index in [0.717, 1.165) is 0 Å². The molecule has 1 aromatic carbocycles. The summed E-state index contributed by atoms with van der Waals surface area (Å²) in [5.74, 6) is 0.577. The maximum Gasteiger partial charge on any atom is 0.404 e. The molecule has 1 amide bonds. The minimum atomic E-state index is -0.786. The second-order valence-electron chi connectivity index (χ2n) is 6.71. The molecule has 0 radical (unpaired) electrons. The van der Waals surface area contributed by atoms with Crippen LogP contribution in [0.5, 0.6) is 5.75 Å². The lowest BCUT2D eigenvalue weighted by Crippen LogP contribution is -2.70. The van der Waals surface area contributed by atoms with E-state index in [1.54, 1.807) is 18.2 Å². The Bertz CT molecular complexity index is 633. The summed E-state index contributed by atoms with van der Waals surface area (Å²) in [6, 6.07) is 6.95. The molecule has 1 aliphatic carbocycles. The number of hydrogen-bond donors (Lipinski definition) is 1. The van der Waals surface area contributed by atoms with Crippen molar-refractivity contribution in [2.75, 3.05) is 0 Å². The molecular formula is C16H19ClN2O3. The van der Waals surface area contributed by atoms with Gasteiger partial charge in [-0.15, -0.1) is 0 Å². The number of carbonyl (C=O) groups excluding carboxylic acids is 1. The van der Waals surface area contributed by atoms with Crippen molar-refractivity contribution in [3.8, 4) is 11.8 Å². The van der Waals surface area contributed by atoms with Gasteiger partial charge in [-0.2, -0.15) is 5.26 Å². The number of nitrogens with two attached hydrogens (primary N) is 1. The summed E-state index contributed by atoms with van der Waals surface area (Å²) >= 11 is 6.03. The average Bonchev–Trinajstić information content (AvgIpc) is 2.41. The standard InChI is InChI=1S/C16H19ClN2O3/c1-15(2)12(16(3,4)13(15)22-14(19)20)21-10-6-5-9(8-18)11(17)7-10/h5-7,12-13H,1-4H3,(H2,19,20)/t12-,13-. The van der Waals surface area contributed by atoms with Crippen molar-refractivity contribution in [1.29, 1.82) is 5.26 Å². The number of halogens is 1. The fourth-order valence-corrected chi connectivity index (χ4v) is 3.83. The normalized spacial score (nSPS) is 24.7. The SMILES string of the molecule is CC1(C)[C@H](OC(N)=O)C(C)(C)[C@H]1Oc1ccc(C#N)c(Cl)c1. The Morgan fingerprint density at radius 2 is 1.86 bits per heavy atom. The van der Waals surface area contributed by atoms with Crippen molar-refractivity contribution in [1.82, 2.24) is 0 Å². The van der Waals surface area contributed by atoms with Crippen molar-refractivity contribution >= 4 is 17.7 Å². The van der Waals surface area contributed by atoms with E-state index in [0.29, 0.717) is 16.3 Å². The molecule has 2 N–H and O–H groups in total. The van der Waals surface area contributed by atoms with Crippen LogP contribution in [0.2, 0.25) is 5.02 Å². The van der Waals surface area contributed by atoms with Gasteiger partial charge in [0.05, 0.1) is 10.6 Å². The molecule has 1 fully saturated rings. The van der Waals surface area contributed by atoms with Crippen LogP contribution in [-0.4, -0.2) is 18.3 Å². The molecular weight excluding hydrogens is 304 g/mol. The lowest BCUT2D eigenvalue weighted by Gasteiger charge is -2.61. The van der Waals surface area contributed by atoms with Crippen molar-refractivity contribution < 1.29 is 14.3 Å². The van der Waals surface area contributed by atoms with Crippen LogP contribution in [0.1, 0.15) is 33.3 Å². The summed E-state index contributed by atoms with van der Waals surface area (Å²) in [6.45, 7) is 7.84. The molecule has 1 saturated carbocycles. The molecule has 6 heteroatoms. The summed E-state index contributed by atoms with van der Waals surface area (Å²) in [4.78, 5) is 11.1. The highest BCUT2D eigenvalue weighted by Crippen LogP contribution is 2.57. The fourth-order valence-electron chi connectivity index (χ4n) is 3.62. The lowest BCUT2D eigenvalue weighted by atomic mass is 9.51. The van der Waals surface area contributed by atoms with Crippen LogP contribution in [-0.2, 0) is 4.74 Å². The van der Waals surface area contributed by atoms with Crippen molar-refractivity contribution in [2.45, 2.75) is 39.9 Å². The zero-order valence-corrected chi connectivity index (χ0v) is 13.8. The van der Waals surface area contributed by atoms with E-state index >= 15 is 0 Å². The highest BCUT2D eigenvalue weighted by Gasteiger charge is 2.66. The topological polar surface area (TPSA) is 85.3 Å². The maximum atomic E-state index is 11.1. The molecule has 0 bridgehead atoms. The van der Waals surface area contributed by atoms with E-state index in [9.17, 15) is 4.79 Å². The third kappa shape index (κ3) is 2.59. The third-order valence-electron chi connectivity index (χ3n) is 4.25. The zero-order valence-electron chi connectivity index (χ0n) is 13.0. The molecule has 2 rings (SSSR count). The lowest BCUT2D eigenvalue weighted by molar-refractivity contribution is -0.234. The third-order valence-corrected chi connectivity index (χ3v) is 4.56. The van der Waals surface area contributed by atoms with E-state index in [1.165, 1.54) is 0 Å². The van der Waals surface area contributed by atoms with Crippen LogP contribution >= 0.6 is 11.6 Å². The Labute approximate surface area is 134 Å². The molecule has 118 valence electrons. The molecule has 0 heterocycles. The number of ether oxygens (including phenoxy) is 2. The van der Waals surface area contributed by atoms with Gasteiger partial charge in [0.2, 0.25) is 0 Å². The minimum Gasteiger partial charge on any atom is -0.489 e. The van der Waals surface area contributed by atoms with Gasteiger partial charge in [-0.1, -0.05) is 39.3 Å². The smallest absolute Gasteiger partial charge is 0.404 e. The first kappa shape index (κ1) is 16.4. The first-order valence-electron chi connectivity index (χ1n) is 6.93. The van der Waals surface area contributed by atoms with Crippen LogP contribution in [0.4, 0.5) is 4.79 Å². The van der Waals surface area contributed by atoms with Gasteiger partial charge in [0.25, 0.3) is 0 Å². The predicted molar refractivity (Wildman–Crippen MR) is 82.6 cm³/mol. The van der Waals surface area contributed by atoms with Gasteiger partial charge in [0.1, 0.15) is 24.0 Å². The summed E-state index contributed by atoms with van der Waals surface area (Å²) < 4.78 is 11.3. The van der Waals surface area contributed by atoms with Crippen LogP contribution in [0.15, 0.2) is 18.2 Å². The Hall–Kier alpha value is -1.93. The van der Waals surface area contributed by atoms with Crippen LogP contribution < -0.4 is 10.5 Å². The highest BCUT2D eigenvalue weighted by atomic mass is 35.5. The van der Waals surface area contributed by atoms with Crippen LogP contribution in [0, 0.1) is 22.2 Å². The Morgan fingerprint density at radius 3 is 2.32 bits per heavy atom. The average molecular weight is 323 g/mol. The molecule has 0 saturated heterocycles. The second-order valence-corrected chi connectivity index (χ2v) is 7.12. The quantitative estimate of drug-likeness (QED) is 0.923. The number of rotatable bonds is 3. The number of nitriles is 1. The second kappa shape index (κ2) is 5.36. The Balaban J connectivity index is 2.22. The summed E-state index contributed by atoms with van der Waals surface area (Å²) in [7, 11) is 0. The predicted octanol–water partition coefficient (Wildman–Crippen LogP) is 3.49. The van der Waals surface area contributed by atoms with Crippen LogP contribution in [0.25, 0.3) is 0 Å². The number of amides is 1. The van der Waals surface area contributed by atoms with Gasteiger partial charge in [-0.3, -0.25) is 0 Å². The monoisotopic (exact) mass is 322 g/mol. The number of benzene rings is 1. The minimum absolute atomic E-state index is 0.187. The number of hydrogen-bond acceptors (Lipinski definition) is 4.